The summed E-state index contributed by atoms with van der Waals surface area (Å²) < 4.78 is 73.8. The number of likely N-dealkylation sites (tertiary alicyclic amines) is 2. The molecule has 6 bridgehead atoms. The number of nitrogens with zero attached hydrogens (tertiary/aromatic N) is 7. The number of benzene rings is 1. The number of likely N-dealkylation sites (N-methyl/N-ethyl adjacent to an activating group) is 1. The van der Waals surface area contributed by atoms with Crippen LogP contribution in [0.25, 0.3) is 32.7 Å². The van der Waals surface area contributed by atoms with Crippen molar-refractivity contribution in [3.8, 4) is 33.7 Å². The number of rotatable bonds is 10. The average Bonchev–Trinajstić information content (AvgIpc) is 4.07. The van der Waals surface area contributed by atoms with E-state index in [9.17, 15) is 37.1 Å². The average molecular weight is 1060 g/mol. The third-order valence-electron chi connectivity index (χ3n) is 14.8. The molecule has 8 rings (SSSR count). The highest BCUT2D eigenvalue weighted by Crippen LogP contribution is 2.43. The van der Waals surface area contributed by atoms with Gasteiger partial charge in [0.1, 0.15) is 29.7 Å². The van der Waals surface area contributed by atoms with Crippen LogP contribution in [0.15, 0.2) is 41.9 Å². The highest BCUT2D eigenvalue weighted by Gasteiger charge is 2.50. The van der Waals surface area contributed by atoms with Crippen molar-refractivity contribution >= 4 is 51.8 Å². The number of pyridine rings is 1. The number of esters is 1. The second kappa shape index (κ2) is 21.6. The summed E-state index contributed by atoms with van der Waals surface area (Å²) >= 11 is 1.25. The quantitative estimate of drug-likeness (QED) is 0.0990. The third kappa shape index (κ3) is 11.9. The highest BCUT2D eigenvalue weighted by molar-refractivity contribution is 7.13. The van der Waals surface area contributed by atoms with Gasteiger partial charge in [0.2, 0.25) is 11.6 Å². The van der Waals surface area contributed by atoms with E-state index in [1.165, 1.54) is 40.0 Å². The van der Waals surface area contributed by atoms with Crippen LogP contribution >= 0.6 is 11.3 Å². The first-order valence-corrected chi connectivity index (χ1v) is 26.4. The lowest BCUT2D eigenvalue weighted by Crippen LogP contribution is -2.62. The fourth-order valence-corrected chi connectivity index (χ4v) is 11.4. The number of hydrazine groups is 1. The standard InChI is InChI=1S/C54H67F4N9O7S/c1-32(2)44(63(8)50(72)53(55)19-24-64(29-53)42(68)17-18-52(6,7)65-21-12-22-65)46(69)61-40-26-35-28-75-47(60-35)34-15-16-41-37(25-34)38(27-51(4,5)31-74-49(71)39-14-11-23-67(62-39)48(40)70)45(66(41)30-54(56,57)58)36-13-10-20-59-43(36)33(3)73-9/h10,13,15-16,20,25,28,32-33,39-40,44,62H,11-12,14,19,21-24,26-27,29-31H2,1-9H3,(H,61,69)/t33-,39-,40-,44?,53+/m0/s1. The Labute approximate surface area is 438 Å². The molecule has 2 N–H and O–H groups in total. The second-order valence-corrected chi connectivity index (χ2v) is 22.8. The van der Waals surface area contributed by atoms with Crippen LogP contribution in [0.1, 0.15) is 97.2 Å². The zero-order chi connectivity index (χ0) is 54.4. The summed E-state index contributed by atoms with van der Waals surface area (Å²) in [6.45, 7) is 12.6. The van der Waals surface area contributed by atoms with E-state index >= 15 is 4.39 Å². The van der Waals surface area contributed by atoms with Gasteiger partial charge in [-0.3, -0.25) is 38.9 Å². The minimum Gasteiger partial charge on any atom is -0.464 e. The molecule has 4 aliphatic heterocycles. The van der Waals surface area contributed by atoms with E-state index in [-0.39, 0.29) is 39.0 Å². The number of nitrogens with one attached hydrogen (secondary N) is 2. The first-order chi connectivity index (χ1) is 35.3. The van der Waals surface area contributed by atoms with Crippen molar-refractivity contribution in [2.45, 2.75) is 135 Å². The number of aromatic nitrogens is 3. The molecule has 404 valence electrons. The minimum atomic E-state index is -4.62. The van der Waals surface area contributed by atoms with Gasteiger partial charge in [0.05, 0.1) is 41.9 Å². The number of amides is 4. The van der Waals surface area contributed by atoms with E-state index in [4.69, 9.17) is 14.5 Å². The fraction of sp³-hybridized carbons (Fsp3) is 0.574. The molecule has 1 unspecified atom stereocenters. The van der Waals surface area contributed by atoms with E-state index in [1.54, 1.807) is 62.7 Å². The second-order valence-electron chi connectivity index (χ2n) is 21.9. The molecule has 3 aromatic heterocycles. The van der Waals surface area contributed by atoms with Crippen molar-refractivity contribution in [1.82, 2.24) is 45.0 Å². The molecular formula is C54H67F4N9O7S. The number of hydrogen-bond acceptors (Lipinski definition) is 12. The number of carbonyl (C=O) groups is 5. The molecule has 1 aromatic carbocycles. The normalized spacial score (nSPS) is 22.4. The molecular weight excluding hydrogens is 995 g/mol. The Bertz CT molecular complexity index is 2900. The predicted octanol–water partition coefficient (Wildman–Crippen LogP) is 6.66. The number of fused-ring (bicyclic) bond motifs is 6. The lowest BCUT2D eigenvalue weighted by molar-refractivity contribution is -0.155. The number of carbonyl (C=O) groups excluding carboxylic acids is 5. The van der Waals surface area contributed by atoms with Gasteiger partial charge in [-0.1, -0.05) is 33.6 Å². The summed E-state index contributed by atoms with van der Waals surface area (Å²) in [6, 6.07) is 4.98. The lowest BCUT2D eigenvalue weighted by atomic mass is 9.84. The van der Waals surface area contributed by atoms with Crippen molar-refractivity contribution in [2.24, 2.45) is 11.3 Å². The van der Waals surface area contributed by atoms with Gasteiger partial charge in [0.15, 0.2) is 0 Å². The number of thiazole rings is 1. The van der Waals surface area contributed by atoms with Gasteiger partial charge in [-0.25, -0.2) is 14.8 Å². The molecule has 4 aliphatic rings. The van der Waals surface area contributed by atoms with Gasteiger partial charge in [-0.15, -0.1) is 11.3 Å². The van der Waals surface area contributed by atoms with Gasteiger partial charge in [0.25, 0.3) is 17.7 Å². The van der Waals surface area contributed by atoms with Gasteiger partial charge in [0, 0.05) is 92.2 Å². The SMILES string of the molecule is CO[C@@H](C)c1ncccc1-c1c2c3cc(ccc3n1CC(F)(F)F)-c1nc(cs1)C[C@H](NC(=O)C(C(C)C)N(C)C(=O)[C@@]1(F)CCN(C(=O)C#CC(C)(C)N3CCC3)C1)C(=O)N1CCC[C@H](N1)C(=O)OCC(C)(C)C2. The summed E-state index contributed by atoms with van der Waals surface area (Å²) in [5.74, 6) is 1.51. The third-order valence-corrected chi connectivity index (χ3v) is 15.8. The largest absolute Gasteiger partial charge is 0.464 e. The van der Waals surface area contributed by atoms with Crippen LogP contribution in [-0.2, 0) is 52.8 Å². The van der Waals surface area contributed by atoms with Crippen molar-refractivity contribution in [2.75, 3.05) is 53.5 Å². The zero-order valence-electron chi connectivity index (χ0n) is 44.0. The maximum absolute atomic E-state index is 16.8. The summed E-state index contributed by atoms with van der Waals surface area (Å²) in [5, 5.41) is 6.88. The summed E-state index contributed by atoms with van der Waals surface area (Å²) in [6.07, 6.45) is -2.14. The molecule has 7 heterocycles. The number of alkyl halides is 4. The molecule has 0 saturated carbocycles. The molecule has 4 amide bonds. The smallest absolute Gasteiger partial charge is 0.406 e. The molecule has 0 radical (unpaired) electrons. The zero-order valence-corrected chi connectivity index (χ0v) is 44.8. The molecule has 5 atom stereocenters. The van der Waals surface area contributed by atoms with E-state index < -0.39 is 95.6 Å². The van der Waals surface area contributed by atoms with E-state index in [0.29, 0.717) is 62.5 Å². The van der Waals surface area contributed by atoms with Gasteiger partial charge >= 0.3 is 12.1 Å². The summed E-state index contributed by atoms with van der Waals surface area (Å²) in [4.78, 5) is 84.5. The van der Waals surface area contributed by atoms with E-state index in [1.807, 2.05) is 27.7 Å². The molecule has 21 heteroatoms. The predicted molar refractivity (Wildman–Crippen MR) is 274 cm³/mol. The maximum atomic E-state index is 16.8. The van der Waals surface area contributed by atoms with Gasteiger partial charge in [-0.05, 0) is 94.2 Å². The molecule has 4 aromatic rings. The Morgan fingerprint density at radius 2 is 1.83 bits per heavy atom. The highest BCUT2D eigenvalue weighted by atomic mass is 32.1. The van der Waals surface area contributed by atoms with Crippen LogP contribution in [0.3, 0.4) is 0 Å². The van der Waals surface area contributed by atoms with Crippen molar-refractivity contribution in [1.29, 1.82) is 0 Å². The Balaban J connectivity index is 1.13. The molecule has 0 spiro atoms. The number of ether oxygens (including phenoxy) is 2. The molecule has 16 nitrogen and oxygen atoms in total. The Kier molecular flexibility index (Phi) is 15.9. The Morgan fingerprint density at radius 3 is 2.51 bits per heavy atom. The van der Waals surface area contributed by atoms with Crippen molar-refractivity contribution < 1.29 is 51.0 Å². The maximum Gasteiger partial charge on any atom is 0.406 e. The fourth-order valence-electron chi connectivity index (χ4n) is 10.6. The number of hydrogen-bond donors (Lipinski definition) is 2. The first kappa shape index (κ1) is 55.3. The monoisotopic (exact) mass is 1060 g/mol. The minimum absolute atomic E-state index is 0.0467. The van der Waals surface area contributed by atoms with Crippen LogP contribution in [0.2, 0.25) is 0 Å². The molecule has 3 fully saturated rings. The van der Waals surface area contributed by atoms with Gasteiger partial charge in [-0.2, -0.15) is 13.2 Å². The van der Waals surface area contributed by atoms with E-state index in [0.717, 1.165) is 24.4 Å². The molecule has 3 saturated heterocycles. The van der Waals surface area contributed by atoms with Gasteiger partial charge < -0.3 is 29.2 Å². The first-order valence-electron chi connectivity index (χ1n) is 25.5. The Morgan fingerprint density at radius 1 is 1.08 bits per heavy atom. The number of methoxy groups -OCH3 is 1. The topological polar surface area (TPSA) is 172 Å². The van der Waals surface area contributed by atoms with Crippen molar-refractivity contribution in [3.05, 3.63) is 58.9 Å². The molecule has 0 aliphatic carbocycles. The molecule has 75 heavy (non-hydrogen) atoms. The number of halogens is 4. The summed E-state index contributed by atoms with van der Waals surface area (Å²) in [7, 11) is 2.83. The van der Waals surface area contributed by atoms with Crippen LogP contribution in [0.5, 0.6) is 0 Å². The van der Waals surface area contributed by atoms with Crippen molar-refractivity contribution in [3.63, 3.8) is 0 Å². The van der Waals surface area contributed by atoms with Crippen LogP contribution in [0.4, 0.5) is 17.6 Å². The Hall–Kier alpha value is -5.95. The van der Waals surface area contributed by atoms with E-state index in [2.05, 4.69) is 32.5 Å². The van der Waals surface area contributed by atoms with Crippen LogP contribution in [0, 0.1) is 23.2 Å². The van der Waals surface area contributed by atoms with Crippen LogP contribution < -0.4 is 10.7 Å². The lowest BCUT2D eigenvalue weighted by Gasteiger charge is -2.41. The summed E-state index contributed by atoms with van der Waals surface area (Å²) in [5.41, 5.74) is 2.20. The number of cyclic esters (lactones) is 1. The van der Waals surface area contributed by atoms with Crippen LogP contribution in [-0.4, -0.2) is 153 Å².